The van der Waals surface area contributed by atoms with Gasteiger partial charge in [-0.15, -0.1) is 0 Å². The molecule has 0 saturated heterocycles. The van der Waals surface area contributed by atoms with E-state index in [2.05, 4.69) is 0 Å². The summed E-state index contributed by atoms with van der Waals surface area (Å²) in [6.07, 6.45) is 1.78. The maximum atomic E-state index is 12.1. The third-order valence-corrected chi connectivity index (χ3v) is 4.55. The molecule has 0 N–H and O–H groups in total. The van der Waals surface area contributed by atoms with Crippen LogP contribution in [0.4, 0.5) is 0 Å². The average Bonchev–Trinajstić information content (AvgIpc) is 2.36. The molecule has 0 aliphatic rings. The topological polar surface area (TPSA) is 43.4 Å². The highest BCUT2D eigenvalue weighted by Crippen LogP contribution is 2.18. The van der Waals surface area contributed by atoms with Gasteiger partial charge in [0.2, 0.25) is 0 Å². The van der Waals surface area contributed by atoms with E-state index in [1.165, 1.54) is 0 Å². The Morgan fingerprint density at radius 2 is 1.83 bits per heavy atom. The lowest BCUT2D eigenvalue weighted by atomic mass is 10.1. The summed E-state index contributed by atoms with van der Waals surface area (Å²) in [4.78, 5) is 0.330. The Morgan fingerprint density at radius 3 is 2.28 bits per heavy atom. The minimum atomic E-state index is -3.25. The molecule has 0 radical (unpaired) electrons. The first-order valence-corrected chi connectivity index (χ1v) is 7.55. The second kappa shape index (κ2) is 6.05. The van der Waals surface area contributed by atoms with Crippen LogP contribution in [0.1, 0.15) is 20.8 Å². The zero-order chi connectivity index (χ0) is 13.8. The normalized spacial score (nSPS) is 12.8. The van der Waals surface area contributed by atoms with Crippen molar-refractivity contribution in [1.82, 2.24) is 0 Å². The number of hydrogen-bond acceptors (Lipinski definition) is 3. The maximum Gasteiger partial charge on any atom is 0.181 e. The smallest absolute Gasteiger partial charge is 0.181 e. The van der Waals surface area contributed by atoms with Crippen molar-refractivity contribution in [2.45, 2.75) is 25.7 Å². The summed E-state index contributed by atoms with van der Waals surface area (Å²) in [5.41, 5.74) is 1.09. The minimum Gasteiger partial charge on any atom is -0.497 e. The molecule has 3 nitrogen and oxygen atoms in total. The zero-order valence-corrected chi connectivity index (χ0v) is 12.1. The van der Waals surface area contributed by atoms with Crippen molar-refractivity contribution < 1.29 is 13.2 Å². The number of allylic oxidation sites excluding steroid dienone is 1. The van der Waals surface area contributed by atoms with Crippen LogP contribution in [0, 0.1) is 5.92 Å². The summed E-state index contributed by atoms with van der Waals surface area (Å²) < 4.78 is 29.2. The highest BCUT2D eigenvalue weighted by Gasteiger charge is 2.13. The van der Waals surface area contributed by atoms with Crippen molar-refractivity contribution >= 4 is 9.84 Å². The molecule has 0 bridgehead atoms. The fourth-order valence-electron chi connectivity index (χ4n) is 1.36. The van der Waals surface area contributed by atoms with Gasteiger partial charge in [0.15, 0.2) is 9.84 Å². The molecule has 0 aliphatic heterocycles. The number of rotatable bonds is 5. The van der Waals surface area contributed by atoms with Crippen LogP contribution in [0.3, 0.4) is 0 Å². The summed E-state index contributed by atoms with van der Waals surface area (Å²) in [7, 11) is -1.69. The lowest BCUT2D eigenvalue weighted by molar-refractivity contribution is 0.414. The lowest BCUT2D eigenvalue weighted by Gasteiger charge is -2.06. The Balaban J connectivity index is 2.89. The van der Waals surface area contributed by atoms with Crippen LogP contribution in [0.5, 0.6) is 5.75 Å². The van der Waals surface area contributed by atoms with E-state index in [0.717, 1.165) is 5.57 Å². The highest BCUT2D eigenvalue weighted by molar-refractivity contribution is 7.91. The summed E-state index contributed by atoms with van der Waals surface area (Å²) >= 11 is 0. The van der Waals surface area contributed by atoms with Gasteiger partial charge in [-0.05, 0) is 37.1 Å². The van der Waals surface area contributed by atoms with E-state index in [0.29, 0.717) is 16.6 Å². The monoisotopic (exact) mass is 268 g/mol. The maximum absolute atomic E-state index is 12.1. The molecular weight excluding hydrogens is 248 g/mol. The largest absolute Gasteiger partial charge is 0.497 e. The van der Waals surface area contributed by atoms with Gasteiger partial charge < -0.3 is 4.74 Å². The number of sulfone groups is 1. The van der Waals surface area contributed by atoms with Gasteiger partial charge in [-0.2, -0.15) is 0 Å². The van der Waals surface area contributed by atoms with Crippen molar-refractivity contribution in [3.63, 3.8) is 0 Å². The van der Waals surface area contributed by atoms with E-state index in [-0.39, 0.29) is 5.75 Å². The van der Waals surface area contributed by atoms with Gasteiger partial charge in [-0.25, -0.2) is 8.42 Å². The Hall–Kier alpha value is -1.29. The average molecular weight is 268 g/mol. The molecule has 4 heteroatoms. The molecule has 0 spiro atoms. The summed E-state index contributed by atoms with van der Waals surface area (Å²) in [6, 6.07) is 6.47. The Kier molecular flexibility index (Phi) is 4.96. The third-order valence-electron chi connectivity index (χ3n) is 2.95. The van der Waals surface area contributed by atoms with Crippen LogP contribution in [0.15, 0.2) is 40.8 Å². The van der Waals surface area contributed by atoms with E-state index in [1.54, 1.807) is 37.5 Å². The summed E-state index contributed by atoms with van der Waals surface area (Å²) in [6.45, 7) is 6.05. The van der Waals surface area contributed by atoms with Crippen LogP contribution in [-0.4, -0.2) is 21.3 Å². The van der Waals surface area contributed by atoms with Crippen LogP contribution < -0.4 is 4.74 Å². The van der Waals surface area contributed by atoms with Gasteiger partial charge in [0.25, 0.3) is 0 Å². The van der Waals surface area contributed by atoms with Crippen molar-refractivity contribution in [2.24, 2.45) is 5.92 Å². The van der Waals surface area contributed by atoms with E-state index < -0.39 is 9.84 Å². The predicted octanol–water partition coefficient (Wildman–Crippen LogP) is 3.07. The SMILES string of the molecule is COc1ccc(S(=O)(=O)C/C=C(/C)C(C)C)cc1. The van der Waals surface area contributed by atoms with Crippen molar-refractivity contribution in [2.75, 3.05) is 12.9 Å². The lowest BCUT2D eigenvalue weighted by Crippen LogP contribution is -2.06. The standard InChI is InChI=1S/C14H20O3S/c1-11(2)12(3)9-10-18(15,16)14-7-5-13(17-4)6-8-14/h5-9,11H,10H2,1-4H3/b12-9-. The van der Waals surface area contributed by atoms with E-state index in [9.17, 15) is 8.42 Å². The number of methoxy groups -OCH3 is 1. The minimum absolute atomic E-state index is 0.0450. The second-order valence-corrected chi connectivity index (χ2v) is 6.59. The van der Waals surface area contributed by atoms with Gasteiger partial charge >= 0.3 is 0 Å². The molecule has 1 aromatic carbocycles. The van der Waals surface area contributed by atoms with Gasteiger partial charge in [-0.1, -0.05) is 25.5 Å². The van der Waals surface area contributed by atoms with Crippen LogP contribution in [0.25, 0.3) is 0 Å². The molecule has 0 atom stereocenters. The highest BCUT2D eigenvalue weighted by atomic mass is 32.2. The molecule has 1 aromatic rings. The Bertz CT molecular complexity index is 510. The van der Waals surface area contributed by atoms with E-state index in [1.807, 2.05) is 20.8 Å². The molecular formula is C14H20O3S. The van der Waals surface area contributed by atoms with E-state index in [4.69, 9.17) is 4.74 Å². The van der Waals surface area contributed by atoms with Crippen molar-refractivity contribution in [1.29, 1.82) is 0 Å². The molecule has 0 fully saturated rings. The second-order valence-electron chi connectivity index (χ2n) is 4.56. The predicted molar refractivity (Wildman–Crippen MR) is 73.6 cm³/mol. The van der Waals surface area contributed by atoms with Gasteiger partial charge in [0.1, 0.15) is 5.75 Å². The third kappa shape index (κ3) is 3.88. The first-order chi connectivity index (χ1) is 8.36. The number of hydrogen-bond donors (Lipinski definition) is 0. The van der Waals surface area contributed by atoms with Crippen LogP contribution in [-0.2, 0) is 9.84 Å². The molecule has 100 valence electrons. The molecule has 0 saturated carbocycles. The molecule has 18 heavy (non-hydrogen) atoms. The molecule has 0 aliphatic carbocycles. The fourth-order valence-corrected chi connectivity index (χ4v) is 2.58. The number of benzene rings is 1. The summed E-state index contributed by atoms with van der Waals surface area (Å²) in [5.74, 6) is 1.07. The molecule has 0 aromatic heterocycles. The van der Waals surface area contributed by atoms with E-state index >= 15 is 0 Å². The first-order valence-electron chi connectivity index (χ1n) is 5.90. The van der Waals surface area contributed by atoms with Gasteiger partial charge in [-0.3, -0.25) is 0 Å². The quantitative estimate of drug-likeness (QED) is 0.771. The van der Waals surface area contributed by atoms with Crippen molar-refractivity contribution in [3.05, 3.63) is 35.9 Å². The molecule has 0 amide bonds. The Labute approximate surface area is 109 Å². The summed E-state index contributed by atoms with van der Waals surface area (Å²) in [5, 5.41) is 0. The van der Waals surface area contributed by atoms with Crippen LogP contribution >= 0.6 is 0 Å². The van der Waals surface area contributed by atoms with Gasteiger partial charge in [0, 0.05) is 0 Å². The molecule has 0 heterocycles. The fraction of sp³-hybridized carbons (Fsp3) is 0.429. The molecule has 0 unspecified atom stereocenters. The van der Waals surface area contributed by atoms with Crippen molar-refractivity contribution in [3.8, 4) is 5.75 Å². The van der Waals surface area contributed by atoms with Crippen LogP contribution in [0.2, 0.25) is 0 Å². The molecule has 1 rings (SSSR count). The zero-order valence-electron chi connectivity index (χ0n) is 11.3. The first kappa shape index (κ1) is 14.8. The van der Waals surface area contributed by atoms with Gasteiger partial charge in [0.05, 0.1) is 17.8 Å². The Morgan fingerprint density at radius 1 is 1.28 bits per heavy atom. The number of ether oxygens (including phenoxy) is 1.